The van der Waals surface area contributed by atoms with Crippen LogP contribution in [0.15, 0.2) is 18.3 Å². The molecular weight excluding hydrogens is 280 g/mol. The van der Waals surface area contributed by atoms with Gasteiger partial charge in [0.1, 0.15) is 13.2 Å². The van der Waals surface area contributed by atoms with Gasteiger partial charge in [-0.15, -0.1) is 0 Å². The molecule has 0 spiro atoms. The Kier molecular flexibility index (Phi) is 7.77. The van der Waals surface area contributed by atoms with Gasteiger partial charge in [-0.25, -0.2) is 9.78 Å². The molecule has 0 radical (unpaired) electrons. The molecule has 0 aliphatic carbocycles. The summed E-state index contributed by atoms with van der Waals surface area (Å²) < 4.78 is 15.0. The fourth-order valence-corrected chi connectivity index (χ4v) is 1.36. The number of rotatable bonds is 10. The van der Waals surface area contributed by atoms with Gasteiger partial charge in [0, 0.05) is 31.5 Å². The highest BCUT2D eigenvalue weighted by Gasteiger charge is 2.07. The Labute approximate surface area is 122 Å². The minimum absolute atomic E-state index is 0.125. The standard InChI is InChI=1S/C13H18N2O6/c1-19-6-7-21-11-8-10(2-3-14-11)13(18)15-4-5-20-9-12(16)17/h2-3,8H,4-7,9H2,1H3,(H,15,18)(H,16,17). The number of methoxy groups -OCH3 is 1. The van der Waals surface area contributed by atoms with Gasteiger partial charge < -0.3 is 24.6 Å². The van der Waals surface area contributed by atoms with Crippen LogP contribution < -0.4 is 10.1 Å². The number of hydrogen-bond acceptors (Lipinski definition) is 6. The van der Waals surface area contributed by atoms with E-state index in [2.05, 4.69) is 10.3 Å². The van der Waals surface area contributed by atoms with Gasteiger partial charge in [-0.1, -0.05) is 0 Å². The summed E-state index contributed by atoms with van der Waals surface area (Å²) >= 11 is 0. The molecule has 0 fully saturated rings. The van der Waals surface area contributed by atoms with E-state index < -0.39 is 5.97 Å². The van der Waals surface area contributed by atoms with Crippen molar-refractivity contribution >= 4 is 11.9 Å². The number of carboxylic acid groups (broad SMARTS) is 1. The van der Waals surface area contributed by atoms with Crippen LogP contribution in [0, 0.1) is 0 Å². The molecule has 1 aromatic rings. The van der Waals surface area contributed by atoms with Crippen molar-refractivity contribution < 1.29 is 28.9 Å². The molecule has 8 heteroatoms. The maximum atomic E-state index is 11.8. The zero-order chi connectivity index (χ0) is 15.5. The number of hydrogen-bond donors (Lipinski definition) is 2. The van der Waals surface area contributed by atoms with E-state index in [1.165, 1.54) is 12.3 Å². The first-order valence-electron chi connectivity index (χ1n) is 6.29. The Morgan fingerprint density at radius 3 is 2.86 bits per heavy atom. The second-order valence-corrected chi connectivity index (χ2v) is 3.93. The largest absolute Gasteiger partial charge is 0.480 e. The van der Waals surface area contributed by atoms with Gasteiger partial charge in [-0.05, 0) is 6.07 Å². The summed E-state index contributed by atoms with van der Waals surface area (Å²) in [5.41, 5.74) is 0.399. The third-order valence-corrected chi connectivity index (χ3v) is 2.29. The van der Waals surface area contributed by atoms with E-state index in [4.69, 9.17) is 19.3 Å². The number of ether oxygens (including phenoxy) is 3. The van der Waals surface area contributed by atoms with E-state index in [0.29, 0.717) is 24.7 Å². The molecule has 8 nitrogen and oxygen atoms in total. The van der Waals surface area contributed by atoms with Crippen LogP contribution in [0.2, 0.25) is 0 Å². The van der Waals surface area contributed by atoms with Gasteiger partial charge in [0.05, 0.1) is 13.2 Å². The first-order valence-corrected chi connectivity index (χ1v) is 6.29. The highest BCUT2D eigenvalue weighted by molar-refractivity contribution is 5.94. The molecule has 1 aromatic heterocycles. The summed E-state index contributed by atoms with van der Waals surface area (Å²) in [6.45, 7) is 0.730. The predicted octanol–water partition coefficient (Wildman–Crippen LogP) is -0.0622. The number of nitrogens with one attached hydrogen (secondary N) is 1. The van der Waals surface area contributed by atoms with E-state index >= 15 is 0 Å². The van der Waals surface area contributed by atoms with Crippen LogP contribution in [0.5, 0.6) is 5.88 Å². The van der Waals surface area contributed by atoms with Crippen molar-refractivity contribution in [3.8, 4) is 5.88 Å². The van der Waals surface area contributed by atoms with Gasteiger partial charge in [-0.2, -0.15) is 0 Å². The Morgan fingerprint density at radius 2 is 2.14 bits per heavy atom. The average molecular weight is 298 g/mol. The summed E-state index contributed by atoms with van der Waals surface area (Å²) in [4.78, 5) is 26.0. The van der Waals surface area contributed by atoms with Gasteiger partial charge in [0.2, 0.25) is 5.88 Å². The number of amides is 1. The number of nitrogens with zero attached hydrogens (tertiary/aromatic N) is 1. The molecule has 2 N–H and O–H groups in total. The van der Waals surface area contributed by atoms with E-state index in [1.54, 1.807) is 13.2 Å². The van der Waals surface area contributed by atoms with Gasteiger partial charge >= 0.3 is 5.97 Å². The molecule has 1 heterocycles. The lowest BCUT2D eigenvalue weighted by Crippen LogP contribution is -2.28. The molecule has 116 valence electrons. The first kappa shape index (κ1) is 16.9. The molecule has 1 rings (SSSR count). The molecule has 0 aliphatic heterocycles. The van der Waals surface area contributed by atoms with E-state index in [0.717, 1.165) is 0 Å². The molecular formula is C13H18N2O6. The SMILES string of the molecule is COCCOc1cc(C(=O)NCCOCC(=O)O)ccn1. The van der Waals surface area contributed by atoms with Crippen LogP contribution in [0.25, 0.3) is 0 Å². The number of carboxylic acids is 1. The fraction of sp³-hybridized carbons (Fsp3) is 0.462. The van der Waals surface area contributed by atoms with Gasteiger partial charge in [-0.3, -0.25) is 4.79 Å². The van der Waals surface area contributed by atoms with E-state index in [1.807, 2.05) is 0 Å². The zero-order valence-corrected chi connectivity index (χ0v) is 11.7. The lowest BCUT2D eigenvalue weighted by atomic mass is 10.2. The highest BCUT2D eigenvalue weighted by atomic mass is 16.5. The molecule has 0 aliphatic rings. The maximum absolute atomic E-state index is 11.8. The smallest absolute Gasteiger partial charge is 0.329 e. The van der Waals surface area contributed by atoms with Crippen LogP contribution in [0.1, 0.15) is 10.4 Å². The summed E-state index contributed by atoms with van der Waals surface area (Å²) in [6.07, 6.45) is 1.47. The number of aliphatic carboxylic acids is 1. The van der Waals surface area contributed by atoms with Crippen molar-refractivity contribution in [2.24, 2.45) is 0 Å². The average Bonchev–Trinajstić information content (AvgIpc) is 2.47. The predicted molar refractivity (Wildman–Crippen MR) is 72.4 cm³/mol. The van der Waals surface area contributed by atoms with Crippen molar-refractivity contribution in [2.45, 2.75) is 0 Å². The van der Waals surface area contributed by atoms with Crippen LogP contribution in [-0.4, -0.2) is 62.0 Å². The zero-order valence-electron chi connectivity index (χ0n) is 11.7. The first-order chi connectivity index (χ1) is 10.1. The second kappa shape index (κ2) is 9.67. The van der Waals surface area contributed by atoms with Crippen LogP contribution in [0.3, 0.4) is 0 Å². The van der Waals surface area contributed by atoms with Crippen molar-refractivity contribution in [3.05, 3.63) is 23.9 Å². The van der Waals surface area contributed by atoms with Crippen LogP contribution in [-0.2, 0) is 14.3 Å². The lowest BCUT2D eigenvalue weighted by Gasteiger charge is -2.07. The molecule has 0 atom stereocenters. The number of carbonyl (C=O) groups excluding carboxylic acids is 1. The second-order valence-electron chi connectivity index (χ2n) is 3.93. The fourth-order valence-electron chi connectivity index (χ4n) is 1.36. The van der Waals surface area contributed by atoms with Gasteiger partial charge in [0.15, 0.2) is 0 Å². The summed E-state index contributed by atoms with van der Waals surface area (Å²) in [7, 11) is 1.56. The number of carbonyl (C=O) groups is 2. The molecule has 0 saturated heterocycles. The maximum Gasteiger partial charge on any atom is 0.329 e. The van der Waals surface area contributed by atoms with Crippen LogP contribution in [0.4, 0.5) is 0 Å². The summed E-state index contributed by atoms with van der Waals surface area (Å²) in [5, 5.41) is 11.0. The summed E-state index contributed by atoms with van der Waals surface area (Å²) in [5.74, 6) is -1.02. The Hall–Kier alpha value is -2.19. The van der Waals surface area contributed by atoms with Crippen molar-refractivity contribution in [1.29, 1.82) is 0 Å². The minimum Gasteiger partial charge on any atom is -0.480 e. The lowest BCUT2D eigenvalue weighted by molar-refractivity contribution is -0.142. The quantitative estimate of drug-likeness (QED) is 0.583. The van der Waals surface area contributed by atoms with E-state index in [-0.39, 0.29) is 25.7 Å². The van der Waals surface area contributed by atoms with E-state index in [9.17, 15) is 9.59 Å². The number of pyridine rings is 1. The Balaban J connectivity index is 2.36. The topological polar surface area (TPSA) is 107 Å². The van der Waals surface area contributed by atoms with Crippen molar-refractivity contribution in [3.63, 3.8) is 0 Å². The normalized spacial score (nSPS) is 10.1. The monoisotopic (exact) mass is 298 g/mol. The molecule has 0 unspecified atom stereocenters. The molecule has 0 aromatic carbocycles. The van der Waals surface area contributed by atoms with Gasteiger partial charge in [0.25, 0.3) is 5.91 Å². The third kappa shape index (κ3) is 7.23. The Morgan fingerprint density at radius 1 is 1.33 bits per heavy atom. The Bertz CT molecular complexity index is 466. The molecule has 1 amide bonds. The highest BCUT2D eigenvalue weighted by Crippen LogP contribution is 2.09. The minimum atomic E-state index is -1.05. The summed E-state index contributed by atoms with van der Waals surface area (Å²) in [6, 6.07) is 3.07. The molecule has 0 bridgehead atoms. The molecule has 0 saturated carbocycles. The van der Waals surface area contributed by atoms with Crippen molar-refractivity contribution in [1.82, 2.24) is 10.3 Å². The van der Waals surface area contributed by atoms with Crippen LogP contribution >= 0.6 is 0 Å². The van der Waals surface area contributed by atoms with Crippen molar-refractivity contribution in [2.75, 3.05) is 40.1 Å². The third-order valence-electron chi connectivity index (χ3n) is 2.29. The number of aromatic nitrogens is 1. The molecule has 21 heavy (non-hydrogen) atoms.